The number of carbonyl (C=O) groups excluding carboxylic acids is 2. The fourth-order valence-corrected chi connectivity index (χ4v) is 3.38. The summed E-state index contributed by atoms with van der Waals surface area (Å²) in [7, 11) is 3.17. The van der Waals surface area contributed by atoms with E-state index in [1.807, 2.05) is 0 Å². The Bertz CT molecular complexity index is 1330. The van der Waals surface area contributed by atoms with Crippen LogP contribution in [0.3, 0.4) is 0 Å². The predicted octanol–water partition coefficient (Wildman–Crippen LogP) is 2.45. The third-order valence-corrected chi connectivity index (χ3v) is 4.97. The number of anilines is 2. The molecular weight excluding hydrogens is 427 g/mol. The molecule has 0 saturated heterocycles. The number of nitrogens with one attached hydrogen (secondary N) is 1. The van der Waals surface area contributed by atoms with Crippen molar-refractivity contribution in [1.82, 2.24) is 14.9 Å². The van der Waals surface area contributed by atoms with Gasteiger partial charge in [-0.3, -0.25) is 24.3 Å². The zero-order valence-corrected chi connectivity index (χ0v) is 16.8. The van der Waals surface area contributed by atoms with Crippen LogP contribution in [0, 0.1) is 0 Å². The first-order valence-electron chi connectivity index (χ1n) is 9.26. The molecule has 0 aliphatic carbocycles. The fourth-order valence-electron chi connectivity index (χ4n) is 3.38. The van der Waals surface area contributed by atoms with Crippen LogP contribution in [0.4, 0.5) is 24.8 Å². The molecule has 1 aromatic carbocycles. The van der Waals surface area contributed by atoms with Gasteiger partial charge in [0.25, 0.3) is 17.4 Å². The minimum atomic E-state index is -4.55. The van der Waals surface area contributed by atoms with E-state index >= 15 is 0 Å². The van der Waals surface area contributed by atoms with Gasteiger partial charge in [0, 0.05) is 25.7 Å². The number of nitrogens with two attached hydrogens (primary N) is 1. The lowest BCUT2D eigenvalue weighted by Gasteiger charge is -2.17. The van der Waals surface area contributed by atoms with Crippen molar-refractivity contribution in [2.75, 3.05) is 24.7 Å². The molecule has 0 fully saturated rings. The van der Waals surface area contributed by atoms with E-state index in [1.54, 1.807) is 14.1 Å². The summed E-state index contributed by atoms with van der Waals surface area (Å²) in [5, 5.41) is 2.08. The number of carbonyl (C=O) groups is 2. The molecule has 3 heterocycles. The molecule has 0 unspecified atom stereocenters. The van der Waals surface area contributed by atoms with Gasteiger partial charge in [0.1, 0.15) is 11.6 Å². The summed E-state index contributed by atoms with van der Waals surface area (Å²) in [5.74, 6) is -1.50. The van der Waals surface area contributed by atoms with Crippen LogP contribution in [0.15, 0.2) is 47.3 Å². The Hall–Kier alpha value is -4.15. The zero-order chi connectivity index (χ0) is 23.4. The molecule has 0 radical (unpaired) electrons. The van der Waals surface area contributed by atoms with Crippen molar-refractivity contribution in [2.45, 2.75) is 6.18 Å². The SMILES string of the molecule is CN(C)c1cc(C(F)(F)F)cc(-c2ccc(-n3c(N)c4c(cc3=O)C(=O)NC4=O)cc2)n1. The van der Waals surface area contributed by atoms with Gasteiger partial charge in [-0.1, -0.05) is 12.1 Å². The largest absolute Gasteiger partial charge is 0.416 e. The average Bonchev–Trinajstić information content (AvgIpc) is 3.00. The van der Waals surface area contributed by atoms with E-state index in [1.165, 1.54) is 29.2 Å². The molecule has 2 aromatic heterocycles. The number of aromatic nitrogens is 2. The molecule has 0 saturated carbocycles. The maximum Gasteiger partial charge on any atom is 0.416 e. The standard InChI is InChI=1S/C21H16F3N5O3/c1-28(2)15-8-11(21(22,23)24)7-14(26-15)10-3-5-12(6-4-10)29-16(30)9-13-17(18(29)25)20(32)27-19(13)31/h3-9H,25H2,1-2H3,(H,27,31,32). The smallest absolute Gasteiger partial charge is 0.384 e. The number of alkyl halides is 3. The van der Waals surface area contributed by atoms with E-state index < -0.39 is 29.1 Å². The van der Waals surface area contributed by atoms with Gasteiger partial charge in [0.15, 0.2) is 0 Å². The van der Waals surface area contributed by atoms with Crippen LogP contribution in [0.1, 0.15) is 26.3 Å². The van der Waals surface area contributed by atoms with Crippen molar-refractivity contribution in [3.63, 3.8) is 0 Å². The number of hydrogen-bond donors (Lipinski definition) is 2. The van der Waals surface area contributed by atoms with Gasteiger partial charge < -0.3 is 10.6 Å². The quantitative estimate of drug-likeness (QED) is 0.602. The fraction of sp³-hybridized carbons (Fsp3) is 0.143. The third-order valence-electron chi connectivity index (χ3n) is 4.97. The molecule has 4 rings (SSSR count). The number of benzene rings is 1. The lowest BCUT2D eigenvalue weighted by molar-refractivity contribution is -0.137. The lowest BCUT2D eigenvalue weighted by atomic mass is 10.1. The molecule has 3 aromatic rings. The van der Waals surface area contributed by atoms with Crippen molar-refractivity contribution in [3.8, 4) is 16.9 Å². The van der Waals surface area contributed by atoms with E-state index in [0.717, 1.165) is 22.8 Å². The van der Waals surface area contributed by atoms with Crippen molar-refractivity contribution in [2.24, 2.45) is 0 Å². The molecule has 164 valence electrons. The molecule has 0 atom stereocenters. The van der Waals surface area contributed by atoms with Gasteiger partial charge in [0.2, 0.25) is 0 Å². The maximum absolute atomic E-state index is 13.3. The predicted molar refractivity (Wildman–Crippen MR) is 111 cm³/mol. The van der Waals surface area contributed by atoms with Crippen molar-refractivity contribution in [1.29, 1.82) is 0 Å². The number of rotatable bonds is 3. The van der Waals surface area contributed by atoms with E-state index in [0.29, 0.717) is 5.56 Å². The van der Waals surface area contributed by atoms with Crippen LogP contribution < -0.4 is 21.5 Å². The van der Waals surface area contributed by atoms with Crippen LogP contribution >= 0.6 is 0 Å². The number of fused-ring (bicyclic) bond motifs is 1. The first-order valence-corrected chi connectivity index (χ1v) is 9.26. The summed E-state index contributed by atoms with van der Waals surface area (Å²) in [5.41, 5.74) is 5.06. The van der Waals surface area contributed by atoms with Gasteiger partial charge in [-0.15, -0.1) is 0 Å². The Morgan fingerprint density at radius 3 is 2.25 bits per heavy atom. The second-order valence-electron chi connectivity index (χ2n) is 7.31. The van der Waals surface area contributed by atoms with Crippen molar-refractivity contribution in [3.05, 3.63) is 69.5 Å². The van der Waals surface area contributed by atoms with Gasteiger partial charge in [-0.25, -0.2) is 4.98 Å². The molecular formula is C21H16F3N5O3. The monoisotopic (exact) mass is 443 g/mol. The summed E-state index contributed by atoms with van der Waals surface area (Å²) in [4.78, 5) is 42.0. The van der Waals surface area contributed by atoms with Gasteiger partial charge in [-0.05, 0) is 24.3 Å². The van der Waals surface area contributed by atoms with E-state index in [9.17, 15) is 27.6 Å². The number of nitrogen functional groups attached to an aromatic ring is 1. The normalized spacial score (nSPS) is 13.2. The highest BCUT2D eigenvalue weighted by Crippen LogP contribution is 2.34. The number of nitrogens with zero attached hydrogens (tertiary/aromatic N) is 3. The summed E-state index contributed by atoms with van der Waals surface area (Å²) < 4.78 is 41.0. The molecule has 1 aliphatic rings. The molecule has 32 heavy (non-hydrogen) atoms. The van der Waals surface area contributed by atoms with Crippen molar-refractivity contribution >= 4 is 23.5 Å². The van der Waals surface area contributed by atoms with Crippen LogP contribution in [0.25, 0.3) is 16.9 Å². The molecule has 0 spiro atoms. The van der Waals surface area contributed by atoms with Crippen LogP contribution in [-0.4, -0.2) is 35.5 Å². The van der Waals surface area contributed by atoms with E-state index in [4.69, 9.17) is 5.73 Å². The number of imide groups is 1. The van der Waals surface area contributed by atoms with Crippen LogP contribution in [0.2, 0.25) is 0 Å². The highest BCUT2D eigenvalue weighted by molar-refractivity contribution is 6.23. The number of hydrogen-bond acceptors (Lipinski definition) is 6. The number of amides is 2. The minimum absolute atomic E-state index is 0.0920. The second-order valence-corrected chi connectivity index (χ2v) is 7.31. The summed E-state index contributed by atoms with van der Waals surface area (Å²) in [6.45, 7) is 0. The molecule has 8 nitrogen and oxygen atoms in total. The van der Waals surface area contributed by atoms with E-state index in [-0.39, 0.29) is 34.1 Å². The van der Waals surface area contributed by atoms with E-state index in [2.05, 4.69) is 10.3 Å². The summed E-state index contributed by atoms with van der Waals surface area (Å²) >= 11 is 0. The third kappa shape index (κ3) is 3.47. The maximum atomic E-state index is 13.3. The zero-order valence-electron chi connectivity index (χ0n) is 16.8. The Labute approximate surface area is 179 Å². The average molecular weight is 443 g/mol. The molecule has 3 N–H and O–H groups in total. The highest BCUT2D eigenvalue weighted by Gasteiger charge is 2.33. The Balaban J connectivity index is 1.80. The summed E-state index contributed by atoms with van der Waals surface area (Å²) in [6.07, 6.45) is -4.55. The Morgan fingerprint density at radius 1 is 1.00 bits per heavy atom. The van der Waals surface area contributed by atoms with Crippen LogP contribution in [0.5, 0.6) is 0 Å². The van der Waals surface area contributed by atoms with Gasteiger partial charge in [-0.2, -0.15) is 13.2 Å². The van der Waals surface area contributed by atoms with Gasteiger partial charge in [0.05, 0.1) is 28.1 Å². The first kappa shape index (κ1) is 21.1. The summed E-state index contributed by atoms with van der Waals surface area (Å²) in [6, 6.07) is 8.81. The number of halogens is 3. The molecule has 0 bridgehead atoms. The lowest BCUT2D eigenvalue weighted by Crippen LogP contribution is -2.24. The number of pyridine rings is 2. The van der Waals surface area contributed by atoms with Crippen molar-refractivity contribution < 1.29 is 22.8 Å². The second kappa shape index (κ2) is 7.22. The molecule has 1 aliphatic heterocycles. The Morgan fingerprint density at radius 2 is 1.66 bits per heavy atom. The highest BCUT2D eigenvalue weighted by atomic mass is 19.4. The van der Waals surface area contributed by atoms with Crippen LogP contribution in [-0.2, 0) is 6.18 Å². The topological polar surface area (TPSA) is 110 Å². The first-order chi connectivity index (χ1) is 15.0. The molecule has 11 heteroatoms. The minimum Gasteiger partial charge on any atom is -0.384 e. The van der Waals surface area contributed by atoms with Gasteiger partial charge >= 0.3 is 6.18 Å². The Kier molecular flexibility index (Phi) is 4.76. The molecule has 2 amide bonds.